The molecule has 0 radical (unpaired) electrons. The van der Waals surface area contributed by atoms with Crippen LogP contribution in [0.1, 0.15) is 17.0 Å². The number of carbonyl (C=O) groups is 1. The molecule has 0 aliphatic heterocycles. The SMILES string of the molecule is CS(=O)(=O)CCNC(=O)C(Cc1ccc(F)cc1)c1ccc(F)cc1. The molecule has 7 heteroatoms. The summed E-state index contributed by atoms with van der Waals surface area (Å²) in [6.07, 6.45) is 1.38. The van der Waals surface area contributed by atoms with Crippen LogP contribution in [0, 0.1) is 11.6 Å². The molecule has 0 fully saturated rings. The molecular weight excluding hydrogens is 348 g/mol. The molecule has 0 spiro atoms. The molecule has 4 nitrogen and oxygen atoms in total. The molecule has 2 aromatic rings. The van der Waals surface area contributed by atoms with Gasteiger partial charge in [-0.25, -0.2) is 17.2 Å². The maximum Gasteiger partial charge on any atom is 0.227 e. The number of hydrogen-bond donors (Lipinski definition) is 1. The third-order valence-electron chi connectivity index (χ3n) is 3.71. The maximum atomic E-state index is 13.1. The second kappa shape index (κ2) is 8.20. The summed E-state index contributed by atoms with van der Waals surface area (Å²) in [5.74, 6) is -1.95. The summed E-state index contributed by atoms with van der Waals surface area (Å²) in [7, 11) is -3.19. The number of nitrogens with one attached hydrogen (secondary N) is 1. The van der Waals surface area contributed by atoms with E-state index in [0.29, 0.717) is 5.56 Å². The summed E-state index contributed by atoms with van der Waals surface area (Å²) in [5, 5.41) is 2.60. The van der Waals surface area contributed by atoms with Crippen LogP contribution < -0.4 is 5.32 Å². The van der Waals surface area contributed by atoms with Crippen molar-refractivity contribution in [3.63, 3.8) is 0 Å². The average Bonchev–Trinajstić information content (AvgIpc) is 2.54. The Morgan fingerprint density at radius 3 is 2.04 bits per heavy atom. The van der Waals surface area contributed by atoms with Gasteiger partial charge in [-0.2, -0.15) is 0 Å². The first-order valence-corrected chi connectivity index (χ1v) is 9.76. The van der Waals surface area contributed by atoms with Crippen LogP contribution in [0.15, 0.2) is 48.5 Å². The Morgan fingerprint density at radius 1 is 1.00 bits per heavy atom. The van der Waals surface area contributed by atoms with Gasteiger partial charge in [-0.1, -0.05) is 24.3 Å². The summed E-state index contributed by atoms with van der Waals surface area (Å²) in [6, 6.07) is 11.3. The standard InChI is InChI=1S/C18H19F2NO3S/c1-25(23,24)11-10-21-18(22)17(14-4-8-16(20)9-5-14)12-13-2-6-15(19)7-3-13/h2-9,17H,10-12H2,1H3,(H,21,22). The number of sulfone groups is 1. The van der Waals surface area contributed by atoms with Gasteiger partial charge in [0.25, 0.3) is 0 Å². The van der Waals surface area contributed by atoms with E-state index in [1.165, 1.54) is 36.4 Å². The zero-order valence-electron chi connectivity index (χ0n) is 13.7. The van der Waals surface area contributed by atoms with E-state index < -0.39 is 21.6 Å². The van der Waals surface area contributed by atoms with Gasteiger partial charge in [-0.3, -0.25) is 4.79 Å². The van der Waals surface area contributed by atoms with Gasteiger partial charge in [0, 0.05) is 12.8 Å². The first-order chi connectivity index (χ1) is 11.7. The molecule has 2 aromatic carbocycles. The topological polar surface area (TPSA) is 63.2 Å². The van der Waals surface area contributed by atoms with Crippen LogP contribution in [0.4, 0.5) is 8.78 Å². The largest absolute Gasteiger partial charge is 0.355 e. The van der Waals surface area contributed by atoms with Crippen molar-refractivity contribution >= 4 is 15.7 Å². The van der Waals surface area contributed by atoms with Crippen molar-refractivity contribution in [3.8, 4) is 0 Å². The molecule has 0 aliphatic carbocycles. The van der Waals surface area contributed by atoms with Gasteiger partial charge in [-0.05, 0) is 41.8 Å². The molecule has 25 heavy (non-hydrogen) atoms. The Labute approximate surface area is 145 Å². The summed E-state index contributed by atoms with van der Waals surface area (Å²) in [4.78, 5) is 12.5. The van der Waals surface area contributed by atoms with Crippen molar-refractivity contribution in [2.45, 2.75) is 12.3 Å². The Morgan fingerprint density at radius 2 is 1.52 bits per heavy atom. The lowest BCUT2D eigenvalue weighted by Gasteiger charge is -2.17. The molecule has 0 heterocycles. The van der Waals surface area contributed by atoms with Gasteiger partial charge in [0.2, 0.25) is 5.91 Å². The van der Waals surface area contributed by atoms with E-state index in [9.17, 15) is 22.0 Å². The summed E-state index contributed by atoms with van der Waals surface area (Å²) >= 11 is 0. The molecule has 1 atom stereocenters. The van der Waals surface area contributed by atoms with Gasteiger partial charge in [-0.15, -0.1) is 0 Å². The van der Waals surface area contributed by atoms with Gasteiger partial charge >= 0.3 is 0 Å². The molecule has 0 aromatic heterocycles. The highest BCUT2D eigenvalue weighted by Crippen LogP contribution is 2.22. The van der Waals surface area contributed by atoms with Crippen LogP contribution in [0.3, 0.4) is 0 Å². The fraction of sp³-hybridized carbons (Fsp3) is 0.278. The molecule has 2 rings (SSSR count). The predicted molar refractivity (Wildman–Crippen MR) is 92.0 cm³/mol. The Bertz CT molecular complexity index is 818. The monoisotopic (exact) mass is 367 g/mol. The lowest BCUT2D eigenvalue weighted by atomic mass is 9.91. The second-order valence-corrected chi connectivity index (χ2v) is 8.12. The molecule has 1 N–H and O–H groups in total. The molecule has 0 saturated carbocycles. The van der Waals surface area contributed by atoms with E-state index in [4.69, 9.17) is 0 Å². The van der Waals surface area contributed by atoms with Crippen molar-refractivity contribution < 1.29 is 22.0 Å². The number of carbonyl (C=O) groups excluding carboxylic acids is 1. The van der Waals surface area contributed by atoms with E-state index in [1.807, 2.05) is 0 Å². The van der Waals surface area contributed by atoms with E-state index in [0.717, 1.165) is 11.8 Å². The van der Waals surface area contributed by atoms with Gasteiger partial charge in [0.1, 0.15) is 21.5 Å². The minimum Gasteiger partial charge on any atom is -0.355 e. The Hall–Kier alpha value is -2.28. The van der Waals surface area contributed by atoms with E-state index in [-0.39, 0.29) is 30.4 Å². The lowest BCUT2D eigenvalue weighted by Crippen LogP contribution is -2.34. The van der Waals surface area contributed by atoms with Crippen LogP contribution in [0.5, 0.6) is 0 Å². The average molecular weight is 367 g/mol. The smallest absolute Gasteiger partial charge is 0.227 e. The molecule has 0 saturated heterocycles. The third-order valence-corrected chi connectivity index (χ3v) is 4.66. The van der Waals surface area contributed by atoms with E-state index in [1.54, 1.807) is 12.1 Å². The molecule has 0 bridgehead atoms. The number of amides is 1. The van der Waals surface area contributed by atoms with E-state index >= 15 is 0 Å². The lowest BCUT2D eigenvalue weighted by molar-refractivity contribution is -0.122. The van der Waals surface area contributed by atoms with Gasteiger partial charge in [0.15, 0.2) is 0 Å². The van der Waals surface area contributed by atoms with Crippen LogP contribution >= 0.6 is 0 Å². The highest BCUT2D eigenvalue weighted by molar-refractivity contribution is 7.90. The van der Waals surface area contributed by atoms with Crippen molar-refractivity contribution in [2.75, 3.05) is 18.6 Å². The molecule has 0 aliphatic rings. The fourth-order valence-electron chi connectivity index (χ4n) is 2.40. The number of rotatable bonds is 7. The normalized spacial score (nSPS) is 12.6. The van der Waals surface area contributed by atoms with Gasteiger partial charge in [0.05, 0.1) is 11.7 Å². The van der Waals surface area contributed by atoms with Gasteiger partial charge < -0.3 is 5.32 Å². The summed E-state index contributed by atoms with van der Waals surface area (Å²) in [6.45, 7) is -0.00121. The predicted octanol–water partition coefficient (Wildman–Crippen LogP) is 2.45. The minimum atomic E-state index is -3.19. The number of halogens is 2. The summed E-state index contributed by atoms with van der Waals surface area (Å²) in [5.41, 5.74) is 1.34. The quantitative estimate of drug-likeness (QED) is 0.818. The second-order valence-electron chi connectivity index (χ2n) is 5.86. The Balaban J connectivity index is 2.17. The van der Waals surface area contributed by atoms with E-state index in [2.05, 4.69) is 5.32 Å². The highest BCUT2D eigenvalue weighted by Gasteiger charge is 2.21. The van der Waals surface area contributed by atoms with Crippen molar-refractivity contribution in [3.05, 3.63) is 71.3 Å². The van der Waals surface area contributed by atoms with Crippen LogP contribution in [0.2, 0.25) is 0 Å². The zero-order valence-corrected chi connectivity index (χ0v) is 14.5. The van der Waals surface area contributed by atoms with Crippen LogP contribution in [-0.2, 0) is 21.1 Å². The van der Waals surface area contributed by atoms with Crippen molar-refractivity contribution in [1.82, 2.24) is 5.32 Å². The minimum absolute atomic E-state index is 0.00121. The molecule has 1 unspecified atom stereocenters. The number of hydrogen-bond acceptors (Lipinski definition) is 3. The third kappa shape index (κ3) is 6.26. The first kappa shape index (κ1) is 19.1. The van der Waals surface area contributed by atoms with Crippen molar-refractivity contribution in [1.29, 1.82) is 0 Å². The molecular formula is C18H19F2NO3S. The molecule has 134 valence electrons. The van der Waals surface area contributed by atoms with Crippen LogP contribution in [0.25, 0.3) is 0 Å². The highest BCUT2D eigenvalue weighted by atomic mass is 32.2. The zero-order chi connectivity index (χ0) is 18.4. The van der Waals surface area contributed by atoms with Crippen molar-refractivity contribution in [2.24, 2.45) is 0 Å². The molecule has 1 amide bonds. The van der Waals surface area contributed by atoms with Crippen LogP contribution in [-0.4, -0.2) is 32.9 Å². The fourth-order valence-corrected chi connectivity index (χ4v) is 2.87. The Kier molecular flexibility index (Phi) is 6.25. The maximum absolute atomic E-state index is 13.1. The number of benzene rings is 2. The summed E-state index contributed by atoms with van der Waals surface area (Å²) < 4.78 is 48.6. The first-order valence-electron chi connectivity index (χ1n) is 7.70.